The van der Waals surface area contributed by atoms with Crippen LogP contribution < -0.4 is 4.74 Å². The van der Waals surface area contributed by atoms with Crippen LogP contribution in [0.15, 0.2) is 24.5 Å². The van der Waals surface area contributed by atoms with E-state index in [0.717, 1.165) is 6.42 Å². The molecule has 2 saturated heterocycles. The molecule has 8 nitrogen and oxygen atoms in total. The molecule has 156 valence electrons. The lowest BCUT2D eigenvalue weighted by Crippen LogP contribution is -2.57. The van der Waals surface area contributed by atoms with Crippen molar-refractivity contribution in [3.8, 4) is 5.75 Å². The predicted molar refractivity (Wildman–Crippen MR) is 107 cm³/mol. The van der Waals surface area contributed by atoms with Crippen molar-refractivity contribution in [2.75, 3.05) is 33.4 Å². The second-order valence-corrected chi connectivity index (χ2v) is 8.75. The van der Waals surface area contributed by atoms with Gasteiger partial charge in [-0.25, -0.2) is 4.52 Å². The summed E-state index contributed by atoms with van der Waals surface area (Å²) < 4.78 is 12.7. The number of carbonyl (C=O) groups is 2. The van der Waals surface area contributed by atoms with E-state index in [2.05, 4.69) is 18.9 Å². The van der Waals surface area contributed by atoms with Gasteiger partial charge >= 0.3 is 0 Å². The van der Waals surface area contributed by atoms with Crippen LogP contribution in [0.4, 0.5) is 0 Å². The van der Waals surface area contributed by atoms with Crippen LogP contribution in [0.25, 0.3) is 5.52 Å². The number of hydrogen-bond acceptors (Lipinski definition) is 5. The van der Waals surface area contributed by atoms with E-state index in [1.54, 1.807) is 30.1 Å². The van der Waals surface area contributed by atoms with Gasteiger partial charge in [-0.05, 0) is 24.8 Å². The summed E-state index contributed by atoms with van der Waals surface area (Å²) in [5.41, 5.74) is 1.28. The molecule has 0 aliphatic carbocycles. The zero-order chi connectivity index (χ0) is 20.8. The Balaban J connectivity index is 1.46. The smallest absolute Gasteiger partial charge is 0.258 e. The van der Waals surface area contributed by atoms with Crippen LogP contribution in [0, 0.1) is 5.41 Å². The van der Waals surface area contributed by atoms with Crippen LogP contribution in [0.5, 0.6) is 5.75 Å². The second-order valence-electron chi connectivity index (χ2n) is 8.75. The number of methoxy groups -OCH3 is 1. The molecule has 0 spiro atoms. The Hall–Kier alpha value is -2.61. The van der Waals surface area contributed by atoms with Gasteiger partial charge < -0.3 is 19.3 Å². The zero-order valence-electron chi connectivity index (χ0n) is 17.4. The molecule has 2 atom stereocenters. The van der Waals surface area contributed by atoms with Gasteiger partial charge in [-0.3, -0.25) is 9.59 Å². The average Bonchev–Trinajstić information content (AvgIpc) is 3.29. The van der Waals surface area contributed by atoms with E-state index >= 15 is 0 Å². The van der Waals surface area contributed by atoms with E-state index in [9.17, 15) is 9.59 Å². The number of pyridine rings is 1. The molecule has 8 heteroatoms. The summed E-state index contributed by atoms with van der Waals surface area (Å²) in [4.78, 5) is 29.7. The molecule has 2 aliphatic rings. The fourth-order valence-electron chi connectivity index (χ4n) is 4.18. The van der Waals surface area contributed by atoms with Gasteiger partial charge in [-0.1, -0.05) is 13.8 Å². The first-order valence-electron chi connectivity index (χ1n) is 10.0. The molecule has 0 N–H and O–H groups in total. The summed E-state index contributed by atoms with van der Waals surface area (Å²) in [6, 6.07) is 3.52. The highest BCUT2D eigenvalue weighted by Gasteiger charge is 2.40. The van der Waals surface area contributed by atoms with Gasteiger partial charge in [0.15, 0.2) is 0 Å². The Labute approximate surface area is 170 Å². The summed E-state index contributed by atoms with van der Waals surface area (Å²) in [7, 11) is 1.59. The summed E-state index contributed by atoms with van der Waals surface area (Å²) in [5.74, 6) is 0.636. The van der Waals surface area contributed by atoms with Crippen LogP contribution in [0.1, 0.15) is 37.6 Å². The van der Waals surface area contributed by atoms with Crippen molar-refractivity contribution < 1.29 is 19.1 Å². The van der Waals surface area contributed by atoms with Crippen molar-refractivity contribution in [3.05, 3.63) is 30.1 Å². The van der Waals surface area contributed by atoms with Crippen molar-refractivity contribution in [1.29, 1.82) is 0 Å². The van der Waals surface area contributed by atoms with Crippen LogP contribution in [-0.4, -0.2) is 76.7 Å². The molecule has 0 radical (unpaired) electrons. The van der Waals surface area contributed by atoms with Gasteiger partial charge in [-0.2, -0.15) is 5.10 Å². The third kappa shape index (κ3) is 3.69. The van der Waals surface area contributed by atoms with E-state index < -0.39 is 0 Å². The lowest BCUT2D eigenvalue weighted by Gasteiger charge is -2.40. The Morgan fingerprint density at radius 3 is 2.76 bits per heavy atom. The van der Waals surface area contributed by atoms with E-state index in [4.69, 9.17) is 9.47 Å². The molecular formula is C21H28N4O4. The Morgan fingerprint density at radius 1 is 1.31 bits per heavy atom. The van der Waals surface area contributed by atoms with Crippen LogP contribution in [0.3, 0.4) is 0 Å². The van der Waals surface area contributed by atoms with Gasteiger partial charge in [0.05, 0.1) is 31.0 Å². The number of piperazine rings is 1. The maximum atomic E-state index is 13.2. The highest BCUT2D eigenvalue weighted by Crippen LogP contribution is 2.32. The van der Waals surface area contributed by atoms with Gasteiger partial charge in [0.1, 0.15) is 11.9 Å². The quantitative estimate of drug-likeness (QED) is 0.786. The molecule has 2 unspecified atom stereocenters. The molecule has 2 aromatic heterocycles. The third-order valence-corrected chi connectivity index (χ3v) is 5.85. The zero-order valence-corrected chi connectivity index (χ0v) is 17.4. The van der Waals surface area contributed by atoms with Gasteiger partial charge in [0.25, 0.3) is 11.8 Å². The molecular weight excluding hydrogens is 372 g/mol. The summed E-state index contributed by atoms with van der Waals surface area (Å²) in [6.07, 6.45) is 3.74. The van der Waals surface area contributed by atoms with Crippen LogP contribution >= 0.6 is 0 Å². The molecule has 2 fully saturated rings. The number of carbonyl (C=O) groups excluding carboxylic acids is 2. The number of aromatic nitrogens is 2. The largest absolute Gasteiger partial charge is 0.497 e. The lowest BCUT2D eigenvalue weighted by molar-refractivity contribution is -0.143. The summed E-state index contributed by atoms with van der Waals surface area (Å²) in [6.45, 7) is 8.32. The van der Waals surface area contributed by atoms with Crippen molar-refractivity contribution in [1.82, 2.24) is 19.4 Å². The minimum absolute atomic E-state index is 0.0360. The average molecular weight is 400 g/mol. The molecule has 0 bridgehead atoms. The summed E-state index contributed by atoms with van der Waals surface area (Å²) >= 11 is 0. The molecule has 4 heterocycles. The molecule has 2 aromatic rings. The van der Waals surface area contributed by atoms with Crippen molar-refractivity contribution in [2.24, 2.45) is 5.41 Å². The Kier molecular flexibility index (Phi) is 4.98. The minimum atomic E-state index is -0.369. The highest BCUT2D eigenvalue weighted by atomic mass is 16.5. The SMILES string of the molecule is COc1ccn2ncc(C(=O)N3CCN(C(=O)C4CC(C)(C)CO4)CC3C)c2c1. The molecule has 29 heavy (non-hydrogen) atoms. The first-order valence-corrected chi connectivity index (χ1v) is 10.0. The van der Waals surface area contributed by atoms with E-state index in [0.29, 0.717) is 43.1 Å². The van der Waals surface area contributed by atoms with Crippen molar-refractivity contribution >= 4 is 17.3 Å². The summed E-state index contributed by atoms with van der Waals surface area (Å²) in [5, 5.41) is 4.28. The standard InChI is InChI=1S/C21H28N4O4/c1-14-12-23(20(27)18-10-21(2,3)13-29-18)7-8-24(14)19(26)16-11-22-25-6-5-15(28-4)9-17(16)25/h5-6,9,11,14,18H,7-8,10,12-13H2,1-4H3. The fraction of sp³-hybridized carbons (Fsp3) is 0.571. The van der Waals surface area contributed by atoms with Crippen LogP contribution in [-0.2, 0) is 9.53 Å². The minimum Gasteiger partial charge on any atom is -0.497 e. The topological polar surface area (TPSA) is 76.4 Å². The van der Waals surface area contributed by atoms with Crippen molar-refractivity contribution in [3.63, 3.8) is 0 Å². The molecule has 0 aromatic carbocycles. The fourth-order valence-corrected chi connectivity index (χ4v) is 4.18. The number of rotatable bonds is 3. The predicted octanol–water partition coefficient (Wildman–Crippen LogP) is 1.83. The maximum absolute atomic E-state index is 13.2. The molecule has 0 saturated carbocycles. The van der Waals surface area contributed by atoms with E-state index in [-0.39, 0.29) is 29.4 Å². The van der Waals surface area contributed by atoms with Gasteiger partial charge in [0, 0.05) is 37.9 Å². The molecule has 4 rings (SSSR count). The van der Waals surface area contributed by atoms with E-state index in [1.807, 2.05) is 22.8 Å². The monoisotopic (exact) mass is 400 g/mol. The number of amides is 2. The molecule has 2 amide bonds. The Bertz CT molecular complexity index is 938. The number of ether oxygens (including phenoxy) is 2. The third-order valence-electron chi connectivity index (χ3n) is 5.85. The highest BCUT2D eigenvalue weighted by molar-refractivity contribution is 6.01. The first kappa shape index (κ1) is 19.7. The maximum Gasteiger partial charge on any atom is 0.258 e. The molecule has 2 aliphatic heterocycles. The number of hydrogen-bond donors (Lipinski definition) is 0. The number of fused-ring (bicyclic) bond motifs is 1. The second kappa shape index (κ2) is 7.33. The van der Waals surface area contributed by atoms with Gasteiger partial charge in [-0.15, -0.1) is 0 Å². The normalized spacial score (nSPS) is 24.1. The number of nitrogens with zero attached hydrogens (tertiary/aromatic N) is 4. The first-order chi connectivity index (χ1) is 13.8. The Morgan fingerprint density at radius 2 is 2.10 bits per heavy atom. The van der Waals surface area contributed by atoms with Crippen molar-refractivity contribution in [2.45, 2.75) is 39.3 Å². The van der Waals surface area contributed by atoms with E-state index in [1.165, 1.54) is 0 Å². The van der Waals surface area contributed by atoms with Crippen LogP contribution in [0.2, 0.25) is 0 Å². The lowest BCUT2D eigenvalue weighted by atomic mass is 9.90. The van der Waals surface area contributed by atoms with Gasteiger partial charge in [0.2, 0.25) is 0 Å².